The third kappa shape index (κ3) is 3.86. The number of hydrogen-bond donors (Lipinski definition) is 3. The van der Waals surface area contributed by atoms with Crippen LogP contribution in [0.15, 0.2) is 35.5 Å². The van der Waals surface area contributed by atoms with Gasteiger partial charge in [0.1, 0.15) is 18.2 Å². The summed E-state index contributed by atoms with van der Waals surface area (Å²) in [6.07, 6.45) is 1.43. The Morgan fingerprint density at radius 3 is 2.59 bits per heavy atom. The summed E-state index contributed by atoms with van der Waals surface area (Å²) in [7, 11) is -3.94. The molecule has 0 fully saturated rings. The number of nitrogens with one attached hydrogen (secondary N) is 3. The van der Waals surface area contributed by atoms with Crippen LogP contribution < -0.4 is 10.0 Å². The van der Waals surface area contributed by atoms with Gasteiger partial charge in [-0.3, -0.25) is 10.1 Å². The maximum atomic E-state index is 12.8. The Morgan fingerprint density at radius 2 is 2.05 bits per heavy atom. The quantitative estimate of drug-likeness (QED) is 0.720. The summed E-state index contributed by atoms with van der Waals surface area (Å²) in [6.45, 7) is 1.65. The molecule has 0 aliphatic carbocycles. The zero-order chi connectivity index (χ0) is 16.2. The van der Waals surface area contributed by atoms with E-state index in [1.807, 2.05) is 0 Å². The molecule has 2 aromatic rings. The molecule has 10 heteroatoms. The molecule has 1 atom stereocenters. The fourth-order valence-electron chi connectivity index (χ4n) is 1.66. The van der Waals surface area contributed by atoms with Gasteiger partial charge < -0.3 is 0 Å². The molecule has 1 aromatic carbocycles. The molecule has 118 valence electrons. The number of carbonyl (C=O) groups is 1. The van der Waals surface area contributed by atoms with Crippen LogP contribution in [-0.4, -0.2) is 35.5 Å². The van der Waals surface area contributed by atoms with E-state index in [0.29, 0.717) is 0 Å². The number of H-pyrrole nitrogens is 1. The standard InChI is InChI=1S/C12H14FN5O3S/c1-2-10(11(19)16-12-14-7-15-17-12)18-22(20,21)9-5-3-8(13)4-6-9/h3-7,10,18H,2H2,1H3,(H2,14,15,16,17,19). The normalized spacial score (nSPS) is 12.8. The number of benzene rings is 1. The smallest absolute Gasteiger partial charge is 0.244 e. The zero-order valence-electron chi connectivity index (χ0n) is 11.6. The summed E-state index contributed by atoms with van der Waals surface area (Å²) in [6, 6.07) is 3.31. The van der Waals surface area contributed by atoms with Crippen LogP contribution in [0.1, 0.15) is 13.3 Å². The van der Waals surface area contributed by atoms with Crippen molar-refractivity contribution in [3.05, 3.63) is 36.4 Å². The summed E-state index contributed by atoms with van der Waals surface area (Å²) < 4.78 is 39.5. The van der Waals surface area contributed by atoms with E-state index in [4.69, 9.17) is 0 Å². The number of sulfonamides is 1. The third-order valence-electron chi connectivity index (χ3n) is 2.80. The molecule has 0 bridgehead atoms. The summed E-state index contributed by atoms with van der Waals surface area (Å²) in [5.41, 5.74) is 0. The van der Waals surface area contributed by atoms with Crippen molar-refractivity contribution < 1.29 is 17.6 Å². The van der Waals surface area contributed by atoms with Crippen LogP contribution >= 0.6 is 0 Å². The minimum absolute atomic E-state index is 0.115. The van der Waals surface area contributed by atoms with Crippen molar-refractivity contribution in [2.45, 2.75) is 24.3 Å². The summed E-state index contributed by atoms with van der Waals surface area (Å²) in [5, 5.41) is 8.40. The van der Waals surface area contributed by atoms with E-state index in [0.717, 1.165) is 24.3 Å². The highest BCUT2D eigenvalue weighted by molar-refractivity contribution is 7.89. The van der Waals surface area contributed by atoms with Crippen LogP contribution in [0.2, 0.25) is 0 Å². The Labute approximate surface area is 126 Å². The minimum atomic E-state index is -3.94. The van der Waals surface area contributed by atoms with Gasteiger partial charge in [0.2, 0.25) is 21.9 Å². The number of amides is 1. The number of aromatic nitrogens is 3. The van der Waals surface area contributed by atoms with Crippen LogP contribution in [0.3, 0.4) is 0 Å². The molecule has 0 saturated carbocycles. The molecule has 1 aromatic heterocycles. The van der Waals surface area contributed by atoms with Gasteiger partial charge in [-0.15, -0.1) is 0 Å². The molecule has 0 spiro atoms. The molecular formula is C12H14FN5O3S. The van der Waals surface area contributed by atoms with Crippen LogP contribution in [0.4, 0.5) is 10.3 Å². The summed E-state index contributed by atoms with van der Waals surface area (Å²) >= 11 is 0. The monoisotopic (exact) mass is 327 g/mol. The van der Waals surface area contributed by atoms with E-state index in [1.54, 1.807) is 6.92 Å². The molecule has 1 heterocycles. The third-order valence-corrected chi connectivity index (χ3v) is 4.29. The lowest BCUT2D eigenvalue weighted by molar-refractivity contribution is -0.117. The Balaban J connectivity index is 2.11. The fourth-order valence-corrected chi connectivity index (χ4v) is 2.94. The molecule has 22 heavy (non-hydrogen) atoms. The highest BCUT2D eigenvalue weighted by Crippen LogP contribution is 2.11. The number of hydrogen-bond acceptors (Lipinski definition) is 5. The molecule has 0 aliphatic heterocycles. The highest BCUT2D eigenvalue weighted by atomic mass is 32.2. The number of halogens is 1. The second-order valence-corrected chi connectivity index (χ2v) is 6.07. The second-order valence-electron chi connectivity index (χ2n) is 4.36. The molecule has 0 saturated heterocycles. The van der Waals surface area contributed by atoms with Gasteiger partial charge in [0.05, 0.1) is 4.90 Å². The van der Waals surface area contributed by atoms with Gasteiger partial charge in [-0.05, 0) is 30.7 Å². The van der Waals surface area contributed by atoms with Crippen LogP contribution in [-0.2, 0) is 14.8 Å². The highest BCUT2D eigenvalue weighted by Gasteiger charge is 2.24. The first-order valence-electron chi connectivity index (χ1n) is 6.36. The molecule has 2 rings (SSSR count). The van der Waals surface area contributed by atoms with Gasteiger partial charge >= 0.3 is 0 Å². The predicted molar refractivity (Wildman–Crippen MR) is 75.8 cm³/mol. The zero-order valence-corrected chi connectivity index (χ0v) is 12.4. The van der Waals surface area contributed by atoms with Crippen molar-refractivity contribution in [3.8, 4) is 0 Å². The van der Waals surface area contributed by atoms with E-state index >= 15 is 0 Å². The van der Waals surface area contributed by atoms with Gasteiger partial charge in [-0.2, -0.15) is 14.8 Å². The van der Waals surface area contributed by atoms with Crippen molar-refractivity contribution >= 4 is 21.9 Å². The van der Waals surface area contributed by atoms with E-state index in [-0.39, 0.29) is 17.3 Å². The first-order chi connectivity index (χ1) is 10.4. The molecule has 1 amide bonds. The topological polar surface area (TPSA) is 117 Å². The van der Waals surface area contributed by atoms with E-state index < -0.39 is 27.8 Å². The lowest BCUT2D eigenvalue weighted by Crippen LogP contribution is -2.43. The summed E-state index contributed by atoms with van der Waals surface area (Å²) in [4.78, 5) is 15.6. The van der Waals surface area contributed by atoms with Crippen molar-refractivity contribution in [2.24, 2.45) is 0 Å². The van der Waals surface area contributed by atoms with Gasteiger partial charge in [-0.25, -0.2) is 17.9 Å². The molecular weight excluding hydrogens is 313 g/mol. The van der Waals surface area contributed by atoms with Crippen molar-refractivity contribution in [1.82, 2.24) is 19.9 Å². The Hall–Kier alpha value is -2.33. The maximum absolute atomic E-state index is 12.8. The molecule has 1 unspecified atom stereocenters. The van der Waals surface area contributed by atoms with E-state index in [9.17, 15) is 17.6 Å². The lowest BCUT2D eigenvalue weighted by atomic mass is 10.2. The Morgan fingerprint density at radius 1 is 1.36 bits per heavy atom. The van der Waals surface area contributed by atoms with Gasteiger partial charge in [-0.1, -0.05) is 6.92 Å². The number of nitrogens with zero attached hydrogens (tertiary/aromatic N) is 2. The molecule has 0 aliphatic rings. The average molecular weight is 327 g/mol. The Kier molecular flexibility index (Phi) is 4.83. The molecule has 8 nitrogen and oxygen atoms in total. The van der Waals surface area contributed by atoms with Crippen molar-refractivity contribution in [2.75, 3.05) is 5.32 Å². The lowest BCUT2D eigenvalue weighted by Gasteiger charge is -2.16. The van der Waals surface area contributed by atoms with Crippen molar-refractivity contribution in [3.63, 3.8) is 0 Å². The number of carbonyl (C=O) groups excluding carboxylic acids is 1. The van der Waals surface area contributed by atoms with Gasteiger partial charge in [0.15, 0.2) is 0 Å². The SMILES string of the molecule is CCC(NS(=O)(=O)c1ccc(F)cc1)C(=O)Nc1ncn[nH]1. The number of aromatic amines is 1. The molecule has 3 N–H and O–H groups in total. The van der Waals surface area contributed by atoms with Gasteiger partial charge in [0.25, 0.3) is 0 Å². The van der Waals surface area contributed by atoms with Crippen LogP contribution in [0, 0.1) is 5.82 Å². The first-order valence-corrected chi connectivity index (χ1v) is 7.85. The van der Waals surface area contributed by atoms with Crippen LogP contribution in [0.25, 0.3) is 0 Å². The average Bonchev–Trinajstić information content (AvgIpc) is 2.98. The number of anilines is 1. The van der Waals surface area contributed by atoms with Gasteiger partial charge in [0, 0.05) is 0 Å². The largest absolute Gasteiger partial charge is 0.294 e. The van der Waals surface area contributed by atoms with Crippen molar-refractivity contribution in [1.29, 1.82) is 0 Å². The van der Waals surface area contributed by atoms with E-state index in [1.165, 1.54) is 6.33 Å². The second kappa shape index (κ2) is 6.62. The molecule has 0 radical (unpaired) electrons. The van der Waals surface area contributed by atoms with E-state index in [2.05, 4.69) is 25.2 Å². The number of rotatable bonds is 6. The fraction of sp³-hybridized carbons (Fsp3) is 0.250. The maximum Gasteiger partial charge on any atom is 0.244 e. The summed E-state index contributed by atoms with van der Waals surface area (Å²) in [5.74, 6) is -1.01. The minimum Gasteiger partial charge on any atom is -0.294 e. The van der Waals surface area contributed by atoms with Crippen LogP contribution in [0.5, 0.6) is 0 Å². The Bertz CT molecular complexity index is 731. The predicted octanol–water partition coefficient (Wildman–Crippen LogP) is 0.639. The first kappa shape index (κ1) is 16.0.